The SMILES string of the molecule is Cc1c(F)c(C(F)(F)F)c(SOOO)c(F)c1C(F)(F)F. The summed E-state index contributed by atoms with van der Waals surface area (Å²) in [6.45, 7) is 0.355. The third kappa shape index (κ3) is 3.56. The summed E-state index contributed by atoms with van der Waals surface area (Å²) >= 11 is -0.754. The summed E-state index contributed by atoms with van der Waals surface area (Å²) in [4.78, 5) is -1.85. The Kier molecular flexibility index (Phi) is 5.08. The zero-order valence-electron chi connectivity index (χ0n) is 9.70. The van der Waals surface area contributed by atoms with Crippen molar-refractivity contribution in [3.63, 3.8) is 0 Å². The van der Waals surface area contributed by atoms with Gasteiger partial charge in [-0.15, -0.1) is 4.33 Å². The van der Waals surface area contributed by atoms with Crippen LogP contribution >= 0.6 is 12.0 Å². The molecule has 0 aliphatic heterocycles. The van der Waals surface area contributed by atoms with Crippen LogP contribution in [0.1, 0.15) is 16.7 Å². The van der Waals surface area contributed by atoms with E-state index in [-0.39, 0.29) is 0 Å². The van der Waals surface area contributed by atoms with E-state index < -0.39 is 57.6 Å². The summed E-state index contributed by atoms with van der Waals surface area (Å²) in [7, 11) is 0. The molecule has 0 aromatic heterocycles. The molecule has 0 saturated heterocycles. The molecule has 0 atom stereocenters. The van der Waals surface area contributed by atoms with Crippen LogP contribution in [0.25, 0.3) is 0 Å². The molecule has 0 saturated carbocycles. The van der Waals surface area contributed by atoms with Crippen molar-refractivity contribution in [2.75, 3.05) is 0 Å². The highest BCUT2D eigenvalue weighted by Gasteiger charge is 2.46. The average molecular weight is 344 g/mol. The molecule has 0 bridgehead atoms. The van der Waals surface area contributed by atoms with Gasteiger partial charge < -0.3 is 0 Å². The van der Waals surface area contributed by atoms with Crippen LogP contribution in [0.2, 0.25) is 0 Å². The Labute approximate surface area is 115 Å². The fraction of sp³-hybridized carbons (Fsp3) is 0.333. The number of benzene rings is 1. The van der Waals surface area contributed by atoms with Gasteiger partial charge in [0, 0.05) is 5.56 Å². The highest BCUT2D eigenvalue weighted by atomic mass is 32.2. The van der Waals surface area contributed by atoms with Gasteiger partial charge in [-0.05, 0) is 6.92 Å². The van der Waals surface area contributed by atoms with E-state index in [1.807, 2.05) is 0 Å². The molecule has 120 valence electrons. The van der Waals surface area contributed by atoms with E-state index in [1.165, 1.54) is 0 Å². The Hall–Kier alpha value is -1.11. The number of alkyl halides is 6. The molecular formula is C9H4F8O3S. The third-order valence-electron chi connectivity index (χ3n) is 2.28. The quantitative estimate of drug-likeness (QED) is 0.372. The zero-order valence-corrected chi connectivity index (χ0v) is 10.5. The predicted octanol–water partition coefficient (Wildman–Crippen LogP) is 4.74. The summed E-state index contributed by atoms with van der Waals surface area (Å²) in [5.41, 5.74) is -6.06. The van der Waals surface area contributed by atoms with Crippen molar-refractivity contribution in [2.24, 2.45) is 0 Å². The molecule has 0 heterocycles. The molecule has 0 spiro atoms. The minimum Gasteiger partial charge on any atom is -0.220 e. The van der Waals surface area contributed by atoms with Crippen LogP contribution in [0, 0.1) is 18.6 Å². The van der Waals surface area contributed by atoms with Crippen LogP contribution in [0.15, 0.2) is 4.90 Å². The van der Waals surface area contributed by atoms with Gasteiger partial charge in [-0.25, -0.2) is 14.0 Å². The minimum absolute atomic E-state index is 0.355. The maximum Gasteiger partial charge on any atom is 0.420 e. The van der Waals surface area contributed by atoms with E-state index in [0.29, 0.717) is 6.92 Å². The summed E-state index contributed by atoms with van der Waals surface area (Å²) in [6, 6.07) is 0. The third-order valence-corrected chi connectivity index (χ3v) is 2.96. The Morgan fingerprint density at radius 2 is 1.38 bits per heavy atom. The van der Waals surface area contributed by atoms with Crippen LogP contribution in [-0.2, 0) is 21.7 Å². The van der Waals surface area contributed by atoms with Gasteiger partial charge in [-0.1, -0.05) is 5.04 Å². The molecule has 1 aromatic rings. The lowest BCUT2D eigenvalue weighted by molar-refractivity contribution is -0.432. The summed E-state index contributed by atoms with van der Waals surface area (Å²) < 4.78 is 107. The standard InChI is InChI=1S/C9H4F8O3S/c1-2-3(8(12,13)14)6(11)7(21-20-19-18)4(5(2)10)9(15,16)17/h18H,1H3. The second-order valence-corrected chi connectivity index (χ2v) is 4.26. The molecule has 1 rings (SSSR count). The molecule has 0 aliphatic rings. The van der Waals surface area contributed by atoms with Crippen LogP contribution in [0.5, 0.6) is 0 Å². The van der Waals surface area contributed by atoms with Gasteiger partial charge in [0.2, 0.25) is 0 Å². The van der Waals surface area contributed by atoms with Crippen molar-refractivity contribution in [3.8, 4) is 0 Å². The maximum atomic E-state index is 13.7. The fourth-order valence-corrected chi connectivity index (χ4v) is 2.06. The van der Waals surface area contributed by atoms with E-state index in [9.17, 15) is 35.1 Å². The van der Waals surface area contributed by atoms with Gasteiger partial charge in [0.25, 0.3) is 0 Å². The van der Waals surface area contributed by atoms with Gasteiger partial charge in [0.1, 0.15) is 11.4 Å². The van der Waals surface area contributed by atoms with Crippen LogP contribution in [-0.4, -0.2) is 5.26 Å². The molecule has 1 N–H and O–H groups in total. The number of hydrogen-bond acceptors (Lipinski definition) is 4. The van der Waals surface area contributed by atoms with Gasteiger partial charge >= 0.3 is 12.4 Å². The zero-order chi connectivity index (χ0) is 16.6. The van der Waals surface area contributed by atoms with E-state index in [2.05, 4.69) is 9.37 Å². The number of hydrogen-bond donors (Lipinski definition) is 1. The molecule has 3 nitrogen and oxygen atoms in total. The first-order valence-electron chi connectivity index (χ1n) is 4.73. The first kappa shape index (κ1) is 17.9. The number of rotatable bonds is 3. The van der Waals surface area contributed by atoms with E-state index in [0.717, 1.165) is 0 Å². The van der Waals surface area contributed by atoms with Gasteiger partial charge in [-0.3, -0.25) is 0 Å². The van der Waals surface area contributed by atoms with Gasteiger partial charge in [0.15, 0.2) is 5.82 Å². The van der Waals surface area contributed by atoms with E-state index in [1.54, 1.807) is 0 Å². The predicted molar refractivity (Wildman–Crippen MR) is 51.8 cm³/mol. The first-order chi connectivity index (χ1) is 9.42. The van der Waals surface area contributed by atoms with Crippen molar-refractivity contribution in [1.29, 1.82) is 0 Å². The smallest absolute Gasteiger partial charge is 0.220 e. The summed E-state index contributed by atoms with van der Waals surface area (Å²) in [5, 5.41) is 10.7. The molecule has 0 amide bonds. The van der Waals surface area contributed by atoms with Crippen molar-refractivity contribution in [1.82, 2.24) is 0 Å². The molecule has 0 unspecified atom stereocenters. The van der Waals surface area contributed by atoms with Crippen molar-refractivity contribution in [2.45, 2.75) is 24.2 Å². The molecular weight excluding hydrogens is 340 g/mol. The molecule has 0 radical (unpaired) electrons. The van der Waals surface area contributed by atoms with E-state index >= 15 is 0 Å². The Bertz CT molecular complexity index is 540. The largest absolute Gasteiger partial charge is 0.420 e. The van der Waals surface area contributed by atoms with Gasteiger partial charge in [0.05, 0.1) is 22.5 Å². The maximum absolute atomic E-state index is 13.7. The van der Waals surface area contributed by atoms with Crippen molar-refractivity contribution < 1.29 is 49.8 Å². The molecule has 1 aromatic carbocycles. The van der Waals surface area contributed by atoms with E-state index in [4.69, 9.17) is 5.26 Å². The Morgan fingerprint density at radius 3 is 1.76 bits per heavy atom. The molecule has 0 aliphatic carbocycles. The summed E-state index contributed by atoms with van der Waals surface area (Å²) in [6.07, 6.45) is -10.9. The highest BCUT2D eigenvalue weighted by molar-refractivity contribution is 7.94. The normalized spacial score (nSPS) is 12.9. The lowest BCUT2D eigenvalue weighted by Crippen LogP contribution is -2.19. The van der Waals surface area contributed by atoms with Crippen LogP contribution in [0.3, 0.4) is 0 Å². The topological polar surface area (TPSA) is 38.7 Å². The lowest BCUT2D eigenvalue weighted by Gasteiger charge is -2.19. The molecule has 0 fully saturated rings. The second-order valence-electron chi connectivity index (χ2n) is 3.55. The first-order valence-corrected chi connectivity index (χ1v) is 5.47. The lowest BCUT2D eigenvalue weighted by atomic mass is 10.0. The Morgan fingerprint density at radius 1 is 0.905 bits per heavy atom. The Balaban J connectivity index is 3.75. The van der Waals surface area contributed by atoms with Crippen LogP contribution < -0.4 is 0 Å². The van der Waals surface area contributed by atoms with Crippen LogP contribution in [0.4, 0.5) is 35.1 Å². The highest BCUT2D eigenvalue weighted by Crippen LogP contribution is 2.46. The average Bonchev–Trinajstić information content (AvgIpc) is 2.28. The van der Waals surface area contributed by atoms with Gasteiger partial charge in [-0.2, -0.15) is 26.3 Å². The molecule has 21 heavy (non-hydrogen) atoms. The van der Waals surface area contributed by atoms with Crippen molar-refractivity contribution in [3.05, 3.63) is 28.3 Å². The minimum atomic E-state index is -5.50. The fourth-order valence-electron chi connectivity index (χ4n) is 1.50. The van der Waals surface area contributed by atoms with Crippen molar-refractivity contribution >= 4 is 12.0 Å². The monoisotopic (exact) mass is 344 g/mol. The number of halogens is 8. The summed E-state index contributed by atoms with van der Waals surface area (Å²) in [5.74, 6) is -4.70. The second kappa shape index (κ2) is 5.94. The molecule has 12 heteroatoms.